The summed E-state index contributed by atoms with van der Waals surface area (Å²) in [5, 5.41) is 8.39. The molecule has 0 N–H and O–H groups in total. The van der Waals surface area contributed by atoms with Gasteiger partial charge >= 0.3 is 16.1 Å². The van der Waals surface area contributed by atoms with Gasteiger partial charge in [0.05, 0.1) is 6.07 Å². The Morgan fingerprint density at radius 2 is 1.88 bits per heavy atom. The first-order chi connectivity index (χ1) is 11.4. The van der Waals surface area contributed by atoms with Crippen LogP contribution in [0.15, 0.2) is 53.4 Å². The third-order valence-electron chi connectivity index (χ3n) is 3.04. The van der Waals surface area contributed by atoms with E-state index < -0.39 is 16.1 Å². The van der Waals surface area contributed by atoms with E-state index in [2.05, 4.69) is 0 Å². The standard InChI is InChI=1S/C17H15NO5S/c1-13-5-7-16(8-6-13)24(20,21)23-15-4-2-3-14(11-15)12-22-17(19)9-10-18/h2-8,11H,9,12H2,1H3. The quantitative estimate of drug-likeness (QED) is 0.590. The van der Waals surface area contributed by atoms with E-state index in [1.165, 1.54) is 24.3 Å². The first-order valence-corrected chi connectivity index (χ1v) is 8.44. The minimum atomic E-state index is -3.94. The number of hydrogen-bond acceptors (Lipinski definition) is 6. The van der Waals surface area contributed by atoms with E-state index >= 15 is 0 Å². The van der Waals surface area contributed by atoms with Crippen LogP contribution in [0.2, 0.25) is 0 Å². The van der Waals surface area contributed by atoms with Crippen LogP contribution in [0.5, 0.6) is 5.75 Å². The monoisotopic (exact) mass is 345 g/mol. The lowest BCUT2D eigenvalue weighted by molar-refractivity contribution is -0.143. The molecule has 0 saturated carbocycles. The number of esters is 1. The van der Waals surface area contributed by atoms with E-state index in [-0.39, 0.29) is 23.7 Å². The van der Waals surface area contributed by atoms with Crippen molar-refractivity contribution in [2.24, 2.45) is 0 Å². The molecule has 0 amide bonds. The summed E-state index contributed by atoms with van der Waals surface area (Å²) in [5.74, 6) is -0.527. The number of benzene rings is 2. The zero-order valence-corrected chi connectivity index (χ0v) is 13.7. The summed E-state index contributed by atoms with van der Waals surface area (Å²) in [6.07, 6.45) is -0.335. The van der Waals surface area contributed by atoms with Gasteiger partial charge in [-0.15, -0.1) is 0 Å². The summed E-state index contributed by atoms with van der Waals surface area (Å²) >= 11 is 0. The largest absolute Gasteiger partial charge is 0.460 e. The number of carbonyl (C=O) groups excluding carboxylic acids is 1. The van der Waals surface area contributed by atoms with Gasteiger partial charge in [-0.2, -0.15) is 13.7 Å². The smallest absolute Gasteiger partial charge is 0.339 e. The molecule has 0 fully saturated rings. The van der Waals surface area contributed by atoms with Crippen LogP contribution in [-0.2, 0) is 26.3 Å². The summed E-state index contributed by atoms with van der Waals surface area (Å²) in [6.45, 7) is 1.79. The maximum absolute atomic E-state index is 12.2. The van der Waals surface area contributed by atoms with Crippen molar-refractivity contribution >= 4 is 16.1 Å². The molecule has 0 bridgehead atoms. The normalized spacial score (nSPS) is 10.7. The molecular formula is C17H15NO5S. The fraction of sp³-hybridized carbons (Fsp3) is 0.176. The van der Waals surface area contributed by atoms with Gasteiger partial charge in [-0.3, -0.25) is 4.79 Å². The molecule has 0 aromatic heterocycles. The Balaban J connectivity index is 2.10. The van der Waals surface area contributed by atoms with Gasteiger partial charge in [0.2, 0.25) is 0 Å². The highest BCUT2D eigenvalue weighted by molar-refractivity contribution is 7.87. The molecular weight excluding hydrogens is 330 g/mol. The fourth-order valence-electron chi connectivity index (χ4n) is 1.85. The number of rotatable bonds is 6. The summed E-state index contributed by atoms with van der Waals surface area (Å²) < 4.78 is 34.5. The zero-order valence-electron chi connectivity index (χ0n) is 12.9. The van der Waals surface area contributed by atoms with E-state index in [0.717, 1.165) is 5.56 Å². The minimum absolute atomic E-state index is 0.0546. The van der Waals surface area contributed by atoms with Crippen molar-refractivity contribution in [3.8, 4) is 11.8 Å². The van der Waals surface area contributed by atoms with Gasteiger partial charge in [-0.05, 0) is 36.8 Å². The Morgan fingerprint density at radius 1 is 1.17 bits per heavy atom. The number of nitrogens with zero attached hydrogens (tertiary/aromatic N) is 1. The van der Waals surface area contributed by atoms with Crippen molar-refractivity contribution in [1.82, 2.24) is 0 Å². The molecule has 0 aliphatic rings. The molecule has 0 heterocycles. The molecule has 0 saturated heterocycles. The number of carbonyl (C=O) groups is 1. The maximum atomic E-state index is 12.2. The molecule has 0 spiro atoms. The molecule has 24 heavy (non-hydrogen) atoms. The van der Waals surface area contributed by atoms with Gasteiger partial charge in [-0.1, -0.05) is 29.8 Å². The lowest BCUT2D eigenvalue weighted by Crippen LogP contribution is -2.10. The van der Waals surface area contributed by atoms with Crippen molar-refractivity contribution in [3.05, 3.63) is 59.7 Å². The first kappa shape index (κ1) is 17.5. The summed E-state index contributed by atoms with van der Waals surface area (Å²) in [4.78, 5) is 11.2. The second-order valence-corrected chi connectivity index (χ2v) is 6.54. The minimum Gasteiger partial charge on any atom is -0.460 e. The average Bonchev–Trinajstić information content (AvgIpc) is 2.53. The van der Waals surface area contributed by atoms with Crippen LogP contribution >= 0.6 is 0 Å². The lowest BCUT2D eigenvalue weighted by Gasteiger charge is -2.09. The fourth-order valence-corrected chi connectivity index (χ4v) is 2.77. The van der Waals surface area contributed by atoms with Crippen molar-refractivity contribution in [2.75, 3.05) is 0 Å². The number of hydrogen-bond donors (Lipinski definition) is 0. The van der Waals surface area contributed by atoms with Crippen LogP contribution in [-0.4, -0.2) is 14.4 Å². The molecule has 7 heteroatoms. The van der Waals surface area contributed by atoms with Gasteiger partial charge < -0.3 is 8.92 Å². The maximum Gasteiger partial charge on any atom is 0.339 e. The SMILES string of the molecule is Cc1ccc(S(=O)(=O)Oc2cccc(COC(=O)CC#N)c2)cc1. The first-order valence-electron chi connectivity index (χ1n) is 7.03. The molecule has 2 aromatic rings. The lowest BCUT2D eigenvalue weighted by atomic mass is 10.2. The van der Waals surface area contributed by atoms with Gasteiger partial charge in [0.25, 0.3) is 0 Å². The molecule has 0 unspecified atom stereocenters. The highest BCUT2D eigenvalue weighted by atomic mass is 32.2. The predicted octanol–water partition coefficient (Wildman–Crippen LogP) is 2.72. The van der Waals surface area contributed by atoms with Gasteiger partial charge in [0.15, 0.2) is 0 Å². The van der Waals surface area contributed by atoms with Crippen LogP contribution in [0.1, 0.15) is 17.5 Å². The molecule has 6 nitrogen and oxygen atoms in total. The number of aryl methyl sites for hydroxylation is 1. The second kappa shape index (κ2) is 7.62. The van der Waals surface area contributed by atoms with E-state index in [1.54, 1.807) is 30.3 Å². The molecule has 0 atom stereocenters. The van der Waals surface area contributed by atoms with Gasteiger partial charge in [0, 0.05) is 0 Å². The molecule has 2 aromatic carbocycles. The van der Waals surface area contributed by atoms with E-state index in [1.807, 2.05) is 6.92 Å². The summed E-state index contributed by atoms with van der Waals surface area (Å²) in [5.41, 5.74) is 1.49. The van der Waals surface area contributed by atoms with Gasteiger partial charge in [0.1, 0.15) is 23.7 Å². The number of nitriles is 1. The molecule has 2 rings (SSSR count). The second-order valence-electron chi connectivity index (χ2n) is 4.99. The molecule has 124 valence electrons. The molecule has 0 radical (unpaired) electrons. The van der Waals surface area contributed by atoms with Crippen LogP contribution in [0.4, 0.5) is 0 Å². The topological polar surface area (TPSA) is 93.5 Å². The summed E-state index contributed by atoms with van der Waals surface area (Å²) in [6, 6.07) is 14.2. The van der Waals surface area contributed by atoms with E-state index in [9.17, 15) is 13.2 Å². The number of ether oxygens (including phenoxy) is 1. The molecule has 0 aliphatic heterocycles. The van der Waals surface area contributed by atoms with Crippen molar-refractivity contribution in [3.63, 3.8) is 0 Å². The molecule has 0 aliphatic carbocycles. The average molecular weight is 345 g/mol. The van der Waals surface area contributed by atoms with Crippen molar-refractivity contribution < 1.29 is 22.1 Å². The highest BCUT2D eigenvalue weighted by Crippen LogP contribution is 2.20. The van der Waals surface area contributed by atoms with Crippen molar-refractivity contribution in [1.29, 1.82) is 5.26 Å². The Kier molecular flexibility index (Phi) is 5.55. The Labute approximate surface area is 140 Å². The third kappa shape index (κ3) is 4.83. The highest BCUT2D eigenvalue weighted by Gasteiger charge is 2.16. The third-order valence-corrected chi connectivity index (χ3v) is 4.30. The van der Waals surface area contributed by atoms with E-state index in [0.29, 0.717) is 5.56 Å². The summed E-state index contributed by atoms with van der Waals surface area (Å²) in [7, 11) is -3.94. The zero-order chi connectivity index (χ0) is 17.6. The van der Waals surface area contributed by atoms with E-state index in [4.69, 9.17) is 14.2 Å². The van der Waals surface area contributed by atoms with Crippen LogP contribution in [0, 0.1) is 18.3 Å². The Bertz CT molecular complexity index is 867. The predicted molar refractivity (Wildman–Crippen MR) is 85.5 cm³/mol. The Hall–Kier alpha value is -2.85. The van der Waals surface area contributed by atoms with Crippen LogP contribution in [0.25, 0.3) is 0 Å². The van der Waals surface area contributed by atoms with Crippen LogP contribution < -0.4 is 4.18 Å². The van der Waals surface area contributed by atoms with Crippen LogP contribution in [0.3, 0.4) is 0 Å². The Morgan fingerprint density at radius 3 is 2.54 bits per heavy atom. The van der Waals surface area contributed by atoms with Gasteiger partial charge in [-0.25, -0.2) is 0 Å². The van der Waals surface area contributed by atoms with Crippen molar-refractivity contribution in [2.45, 2.75) is 24.8 Å².